The summed E-state index contributed by atoms with van der Waals surface area (Å²) in [6, 6.07) is 17.9. The predicted octanol–water partition coefficient (Wildman–Crippen LogP) is 10.6. The number of nitrogens with zero attached hydrogens (tertiary/aromatic N) is 1. The molecule has 0 aliphatic carbocycles. The molecular formula is C35H54N+. The molecular weight excluding hydrogens is 434 g/mol. The maximum atomic E-state index is 3.90. The van der Waals surface area contributed by atoms with Crippen molar-refractivity contribution in [2.24, 2.45) is 0 Å². The predicted molar refractivity (Wildman–Crippen MR) is 162 cm³/mol. The van der Waals surface area contributed by atoms with E-state index < -0.39 is 0 Å². The summed E-state index contributed by atoms with van der Waals surface area (Å²) in [4.78, 5) is 0. The van der Waals surface area contributed by atoms with Crippen molar-refractivity contribution in [1.29, 1.82) is 0 Å². The number of benzene rings is 2. The lowest BCUT2D eigenvalue weighted by molar-refractivity contribution is -0.935. The van der Waals surface area contributed by atoms with Gasteiger partial charge >= 0.3 is 0 Å². The molecule has 1 heteroatoms. The van der Waals surface area contributed by atoms with Gasteiger partial charge in [0.05, 0.1) is 13.6 Å². The minimum absolute atomic E-state index is 1.05. The molecule has 0 N–H and O–H groups in total. The molecule has 2 rings (SSSR count). The van der Waals surface area contributed by atoms with Gasteiger partial charge in [-0.05, 0) is 24.0 Å². The Morgan fingerprint density at radius 1 is 0.528 bits per heavy atom. The van der Waals surface area contributed by atoms with Crippen LogP contribution in [0.1, 0.15) is 119 Å². The van der Waals surface area contributed by atoms with Crippen molar-refractivity contribution in [3.63, 3.8) is 0 Å². The van der Waals surface area contributed by atoms with E-state index in [2.05, 4.69) is 75.7 Å². The van der Waals surface area contributed by atoms with Crippen LogP contribution in [-0.2, 0) is 13.1 Å². The smallest absolute Gasteiger partial charge is 0.104 e. The minimum atomic E-state index is 1.05. The molecule has 0 atom stereocenters. The van der Waals surface area contributed by atoms with Crippen LogP contribution in [0.25, 0.3) is 12.2 Å². The molecule has 0 unspecified atom stereocenters. The zero-order valence-electron chi connectivity index (χ0n) is 23.7. The number of hydrogen-bond donors (Lipinski definition) is 0. The molecule has 0 saturated carbocycles. The standard InChI is InChI=1S/C35H54N/c1-5-8-9-10-11-12-13-14-15-16-17-18-19-20-29-36(4,30-34-25-21-32(6-2)22-26-34)31-35-27-23-33(7-3)24-28-35/h6-7,21-28H,2-3,5,8-20,29-31H2,1,4H3/q+1. The van der Waals surface area contributed by atoms with Gasteiger partial charge in [-0.3, -0.25) is 0 Å². The Labute approximate surface area is 223 Å². The normalized spacial score (nSPS) is 11.5. The first-order chi connectivity index (χ1) is 17.6. The molecule has 0 bridgehead atoms. The lowest BCUT2D eigenvalue weighted by atomic mass is 10.0. The highest BCUT2D eigenvalue weighted by Gasteiger charge is 2.22. The van der Waals surface area contributed by atoms with Crippen LogP contribution in [0.3, 0.4) is 0 Å². The monoisotopic (exact) mass is 488 g/mol. The van der Waals surface area contributed by atoms with Gasteiger partial charge in [-0.15, -0.1) is 0 Å². The highest BCUT2D eigenvalue weighted by Crippen LogP contribution is 2.21. The van der Waals surface area contributed by atoms with Gasteiger partial charge in [0, 0.05) is 11.1 Å². The first-order valence-corrected chi connectivity index (χ1v) is 14.8. The molecule has 0 aliphatic heterocycles. The highest BCUT2D eigenvalue weighted by molar-refractivity contribution is 5.47. The fourth-order valence-corrected chi connectivity index (χ4v) is 5.30. The van der Waals surface area contributed by atoms with E-state index in [-0.39, 0.29) is 0 Å². The maximum Gasteiger partial charge on any atom is 0.104 e. The summed E-state index contributed by atoms with van der Waals surface area (Å²) in [6.07, 6.45) is 23.6. The minimum Gasteiger partial charge on any atom is -0.319 e. The van der Waals surface area contributed by atoms with E-state index in [1.165, 1.54) is 119 Å². The number of rotatable bonds is 21. The zero-order chi connectivity index (χ0) is 25.9. The fraction of sp³-hybridized carbons (Fsp3) is 0.543. The topological polar surface area (TPSA) is 0 Å². The third kappa shape index (κ3) is 12.7. The molecule has 0 amide bonds. The molecule has 2 aromatic rings. The van der Waals surface area contributed by atoms with Crippen LogP contribution in [0.5, 0.6) is 0 Å². The van der Waals surface area contributed by atoms with E-state index in [4.69, 9.17) is 0 Å². The molecule has 198 valence electrons. The summed E-state index contributed by atoms with van der Waals surface area (Å²) in [7, 11) is 2.44. The van der Waals surface area contributed by atoms with Crippen molar-refractivity contribution in [2.75, 3.05) is 13.6 Å². The van der Waals surface area contributed by atoms with Gasteiger partial charge in [0.15, 0.2) is 0 Å². The van der Waals surface area contributed by atoms with Crippen LogP contribution in [0.2, 0.25) is 0 Å². The molecule has 0 spiro atoms. The summed E-state index contributed by atoms with van der Waals surface area (Å²) in [5.74, 6) is 0. The van der Waals surface area contributed by atoms with E-state index >= 15 is 0 Å². The van der Waals surface area contributed by atoms with Crippen molar-refractivity contribution in [1.82, 2.24) is 0 Å². The maximum absolute atomic E-state index is 3.90. The van der Waals surface area contributed by atoms with Crippen molar-refractivity contribution < 1.29 is 4.48 Å². The molecule has 36 heavy (non-hydrogen) atoms. The van der Waals surface area contributed by atoms with E-state index in [9.17, 15) is 0 Å². The Balaban J connectivity index is 1.72. The summed E-state index contributed by atoms with van der Waals surface area (Å²) in [6.45, 7) is 13.5. The first-order valence-electron chi connectivity index (χ1n) is 14.8. The Hall–Kier alpha value is -2.12. The summed E-state index contributed by atoms with van der Waals surface area (Å²) < 4.78 is 1.05. The molecule has 0 fully saturated rings. The average Bonchev–Trinajstić information content (AvgIpc) is 2.89. The van der Waals surface area contributed by atoms with Crippen molar-refractivity contribution in [3.8, 4) is 0 Å². The van der Waals surface area contributed by atoms with E-state index in [0.717, 1.165) is 17.6 Å². The Bertz CT molecular complexity index is 776. The van der Waals surface area contributed by atoms with Gasteiger partial charge in [-0.2, -0.15) is 0 Å². The van der Waals surface area contributed by atoms with Crippen molar-refractivity contribution >= 4 is 12.2 Å². The van der Waals surface area contributed by atoms with Crippen molar-refractivity contribution in [2.45, 2.75) is 110 Å². The van der Waals surface area contributed by atoms with Crippen LogP contribution in [0, 0.1) is 0 Å². The second-order valence-electron chi connectivity index (χ2n) is 11.1. The van der Waals surface area contributed by atoms with Gasteiger partial charge < -0.3 is 4.48 Å². The fourth-order valence-electron chi connectivity index (χ4n) is 5.30. The quantitative estimate of drug-likeness (QED) is 0.121. The number of quaternary nitrogens is 1. The zero-order valence-corrected chi connectivity index (χ0v) is 23.7. The Morgan fingerprint density at radius 3 is 1.19 bits per heavy atom. The third-order valence-corrected chi connectivity index (χ3v) is 7.61. The summed E-state index contributed by atoms with van der Waals surface area (Å²) in [5.41, 5.74) is 5.22. The van der Waals surface area contributed by atoms with Crippen LogP contribution < -0.4 is 0 Å². The molecule has 0 aliphatic rings. The average molecular weight is 489 g/mol. The third-order valence-electron chi connectivity index (χ3n) is 7.61. The van der Waals surface area contributed by atoms with Gasteiger partial charge in [-0.25, -0.2) is 0 Å². The van der Waals surface area contributed by atoms with E-state index in [0.29, 0.717) is 0 Å². The second-order valence-corrected chi connectivity index (χ2v) is 11.1. The van der Waals surface area contributed by atoms with Crippen LogP contribution in [-0.4, -0.2) is 18.1 Å². The largest absolute Gasteiger partial charge is 0.319 e. The second kappa shape index (κ2) is 18.2. The molecule has 1 nitrogen and oxygen atoms in total. The van der Waals surface area contributed by atoms with E-state index in [1.807, 2.05) is 12.2 Å². The number of hydrogen-bond acceptors (Lipinski definition) is 0. The Morgan fingerprint density at radius 2 is 0.861 bits per heavy atom. The SMILES string of the molecule is C=Cc1ccc(C[N+](C)(CCCCCCCCCCCCCCCC)Cc2ccc(C=C)cc2)cc1. The molecule has 0 saturated heterocycles. The lowest BCUT2D eigenvalue weighted by Crippen LogP contribution is -2.43. The van der Waals surface area contributed by atoms with Crippen molar-refractivity contribution in [3.05, 3.63) is 83.9 Å². The van der Waals surface area contributed by atoms with Crippen LogP contribution >= 0.6 is 0 Å². The summed E-state index contributed by atoms with van der Waals surface area (Å²) in [5, 5.41) is 0. The van der Waals surface area contributed by atoms with E-state index in [1.54, 1.807) is 0 Å². The molecule has 2 aromatic carbocycles. The molecule has 0 aromatic heterocycles. The Kier molecular flexibility index (Phi) is 15.2. The van der Waals surface area contributed by atoms with Crippen LogP contribution in [0.4, 0.5) is 0 Å². The molecule has 0 radical (unpaired) electrons. The summed E-state index contributed by atoms with van der Waals surface area (Å²) >= 11 is 0. The number of unbranched alkanes of at least 4 members (excludes halogenated alkanes) is 13. The lowest BCUT2D eigenvalue weighted by Gasteiger charge is -2.35. The molecule has 0 heterocycles. The van der Waals surface area contributed by atoms with Gasteiger partial charge in [0.2, 0.25) is 0 Å². The highest BCUT2D eigenvalue weighted by atomic mass is 15.3. The first kappa shape index (κ1) is 30.1. The van der Waals surface area contributed by atoms with Crippen LogP contribution in [0.15, 0.2) is 61.7 Å². The van der Waals surface area contributed by atoms with Gasteiger partial charge in [0.1, 0.15) is 13.1 Å². The van der Waals surface area contributed by atoms with Gasteiger partial charge in [0.25, 0.3) is 0 Å². The van der Waals surface area contributed by atoms with Gasteiger partial charge in [-0.1, -0.05) is 158 Å².